The molecule has 1 unspecified atom stereocenters. The molecule has 1 atom stereocenters. The second kappa shape index (κ2) is 6.26. The zero-order chi connectivity index (χ0) is 13.6. The fourth-order valence-corrected chi connectivity index (χ4v) is 1.41. The van der Waals surface area contributed by atoms with Crippen LogP contribution in [0, 0.1) is 0 Å². The predicted octanol–water partition coefficient (Wildman–Crippen LogP) is 1.35. The maximum Gasteiger partial charge on any atom is 0.325 e. The highest BCUT2D eigenvalue weighted by Crippen LogP contribution is 2.19. The Balaban J connectivity index is 2.48. The molecule has 2 N–H and O–H groups in total. The Morgan fingerprint density at radius 3 is 2.61 bits per heavy atom. The summed E-state index contributed by atoms with van der Waals surface area (Å²) in [6, 6.07) is 7.24. The summed E-state index contributed by atoms with van der Waals surface area (Å²) in [5, 5.41) is 0. The lowest BCUT2D eigenvalue weighted by Gasteiger charge is -2.21. The van der Waals surface area contributed by atoms with Gasteiger partial charge < -0.3 is 19.9 Å². The first-order chi connectivity index (χ1) is 8.49. The summed E-state index contributed by atoms with van der Waals surface area (Å²) in [6.07, 6.45) is 0.372. The number of methoxy groups -OCH3 is 2. The summed E-state index contributed by atoms with van der Waals surface area (Å²) in [5.74, 6) is 0.947. The van der Waals surface area contributed by atoms with Crippen LogP contribution in [0.15, 0.2) is 24.3 Å². The fraction of sp³-hybridized carbons (Fsp3) is 0.462. The van der Waals surface area contributed by atoms with E-state index in [0.717, 1.165) is 5.75 Å². The van der Waals surface area contributed by atoms with Gasteiger partial charge in [0.15, 0.2) is 0 Å². The van der Waals surface area contributed by atoms with Crippen LogP contribution in [0.5, 0.6) is 11.5 Å². The van der Waals surface area contributed by atoms with Crippen LogP contribution in [0.2, 0.25) is 0 Å². The molecule has 0 radical (unpaired) electrons. The molecule has 0 saturated carbocycles. The number of hydrogen-bond acceptors (Lipinski definition) is 5. The highest BCUT2D eigenvalue weighted by atomic mass is 16.5. The molecule has 0 amide bonds. The minimum atomic E-state index is -1.03. The van der Waals surface area contributed by atoms with Crippen molar-refractivity contribution in [2.24, 2.45) is 5.73 Å². The summed E-state index contributed by atoms with van der Waals surface area (Å²) in [5.41, 5.74) is 4.78. The van der Waals surface area contributed by atoms with Gasteiger partial charge in [0.1, 0.15) is 17.0 Å². The van der Waals surface area contributed by atoms with Gasteiger partial charge in [-0.05, 0) is 19.1 Å². The Hall–Kier alpha value is -1.75. The number of nitrogens with two attached hydrogens (primary N) is 1. The molecule has 5 nitrogen and oxygen atoms in total. The van der Waals surface area contributed by atoms with Crippen molar-refractivity contribution in [3.63, 3.8) is 0 Å². The maximum absolute atomic E-state index is 11.4. The predicted molar refractivity (Wildman–Crippen MR) is 67.7 cm³/mol. The van der Waals surface area contributed by atoms with E-state index in [1.807, 2.05) is 18.2 Å². The minimum absolute atomic E-state index is 0.329. The minimum Gasteiger partial charge on any atom is -0.497 e. The number of esters is 1. The molecule has 5 heteroatoms. The molecular weight excluding hydrogens is 234 g/mol. The Morgan fingerprint density at radius 2 is 2.00 bits per heavy atom. The first-order valence-electron chi connectivity index (χ1n) is 5.64. The van der Waals surface area contributed by atoms with Gasteiger partial charge in [-0.1, -0.05) is 6.07 Å². The topological polar surface area (TPSA) is 70.8 Å². The van der Waals surface area contributed by atoms with Gasteiger partial charge in [0, 0.05) is 12.5 Å². The third kappa shape index (κ3) is 3.92. The SMILES string of the molecule is COC(=O)C(C)(N)CCOc1cccc(OC)c1. The van der Waals surface area contributed by atoms with Crippen LogP contribution in [0.4, 0.5) is 0 Å². The van der Waals surface area contributed by atoms with Crippen molar-refractivity contribution in [2.45, 2.75) is 18.9 Å². The maximum atomic E-state index is 11.4. The van der Waals surface area contributed by atoms with E-state index in [4.69, 9.17) is 15.2 Å². The molecular formula is C13H19NO4. The molecule has 0 heterocycles. The van der Waals surface area contributed by atoms with Gasteiger partial charge >= 0.3 is 5.97 Å². The molecule has 1 aromatic carbocycles. The van der Waals surface area contributed by atoms with E-state index >= 15 is 0 Å². The lowest BCUT2D eigenvalue weighted by Crippen LogP contribution is -2.46. The van der Waals surface area contributed by atoms with Crippen molar-refractivity contribution in [1.29, 1.82) is 0 Å². The van der Waals surface area contributed by atoms with Gasteiger partial charge in [0.25, 0.3) is 0 Å². The normalized spacial score (nSPS) is 13.6. The number of rotatable bonds is 6. The third-order valence-electron chi connectivity index (χ3n) is 2.58. The largest absolute Gasteiger partial charge is 0.497 e. The summed E-state index contributed by atoms with van der Waals surface area (Å²) in [7, 11) is 2.91. The van der Waals surface area contributed by atoms with Gasteiger partial charge in [-0.25, -0.2) is 0 Å². The van der Waals surface area contributed by atoms with Gasteiger partial charge in [0.2, 0.25) is 0 Å². The molecule has 0 fully saturated rings. The van der Waals surface area contributed by atoms with Gasteiger partial charge in [-0.15, -0.1) is 0 Å². The fourth-order valence-electron chi connectivity index (χ4n) is 1.41. The van der Waals surface area contributed by atoms with Gasteiger partial charge in [0.05, 0.1) is 20.8 Å². The lowest BCUT2D eigenvalue weighted by atomic mass is 10.0. The van der Waals surface area contributed by atoms with E-state index in [1.165, 1.54) is 7.11 Å². The monoisotopic (exact) mass is 253 g/mol. The molecule has 0 spiro atoms. The third-order valence-corrected chi connectivity index (χ3v) is 2.58. The molecule has 0 aliphatic heterocycles. The van der Waals surface area contributed by atoms with E-state index in [0.29, 0.717) is 18.8 Å². The summed E-state index contributed by atoms with van der Waals surface area (Å²) in [6.45, 7) is 1.95. The molecule has 0 bridgehead atoms. The van der Waals surface area contributed by atoms with E-state index in [1.54, 1.807) is 20.1 Å². The molecule has 0 aliphatic rings. The lowest BCUT2D eigenvalue weighted by molar-refractivity contribution is -0.146. The standard InChI is InChI=1S/C13H19NO4/c1-13(14,12(15)17-3)7-8-18-11-6-4-5-10(9-11)16-2/h4-6,9H,7-8,14H2,1-3H3. The van der Waals surface area contributed by atoms with E-state index in [2.05, 4.69) is 4.74 Å². The van der Waals surface area contributed by atoms with Crippen LogP contribution < -0.4 is 15.2 Å². The van der Waals surface area contributed by atoms with Crippen molar-refractivity contribution < 1.29 is 19.0 Å². The van der Waals surface area contributed by atoms with E-state index in [9.17, 15) is 4.79 Å². The number of benzene rings is 1. The first kappa shape index (κ1) is 14.3. The number of carbonyl (C=O) groups is 1. The van der Waals surface area contributed by atoms with Crippen LogP contribution in [0.25, 0.3) is 0 Å². The molecule has 0 aromatic heterocycles. The Bertz CT molecular complexity index is 404. The highest BCUT2D eigenvalue weighted by Gasteiger charge is 2.29. The summed E-state index contributed by atoms with van der Waals surface area (Å²) in [4.78, 5) is 11.4. The summed E-state index contributed by atoms with van der Waals surface area (Å²) >= 11 is 0. The van der Waals surface area contributed by atoms with Gasteiger partial charge in [-0.2, -0.15) is 0 Å². The number of hydrogen-bond donors (Lipinski definition) is 1. The summed E-state index contributed by atoms with van der Waals surface area (Å²) < 4.78 is 15.2. The molecule has 100 valence electrons. The zero-order valence-corrected chi connectivity index (χ0v) is 10.9. The quantitative estimate of drug-likeness (QED) is 0.775. The van der Waals surface area contributed by atoms with Crippen molar-refractivity contribution in [2.75, 3.05) is 20.8 Å². The van der Waals surface area contributed by atoms with Crippen LogP contribution in [-0.4, -0.2) is 32.3 Å². The van der Waals surface area contributed by atoms with Crippen molar-refractivity contribution in [1.82, 2.24) is 0 Å². The van der Waals surface area contributed by atoms with Crippen molar-refractivity contribution >= 4 is 5.97 Å². The van der Waals surface area contributed by atoms with E-state index in [-0.39, 0.29) is 0 Å². The molecule has 1 aromatic rings. The van der Waals surface area contributed by atoms with Crippen LogP contribution in [0.3, 0.4) is 0 Å². The van der Waals surface area contributed by atoms with E-state index < -0.39 is 11.5 Å². The Labute approximate surface area is 107 Å². The number of ether oxygens (including phenoxy) is 3. The number of carbonyl (C=O) groups excluding carboxylic acids is 1. The molecule has 0 aliphatic carbocycles. The second-order valence-electron chi connectivity index (χ2n) is 4.19. The van der Waals surface area contributed by atoms with Crippen LogP contribution >= 0.6 is 0 Å². The Morgan fingerprint density at radius 1 is 1.33 bits per heavy atom. The first-order valence-corrected chi connectivity index (χ1v) is 5.64. The molecule has 1 rings (SSSR count). The molecule has 0 saturated heterocycles. The van der Waals surface area contributed by atoms with Crippen LogP contribution in [-0.2, 0) is 9.53 Å². The average molecular weight is 253 g/mol. The van der Waals surface area contributed by atoms with Crippen molar-refractivity contribution in [3.8, 4) is 11.5 Å². The molecule has 18 heavy (non-hydrogen) atoms. The zero-order valence-electron chi connectivity index (χ0n) is 10.9. The van der Waals surface area contributed by atoms with Crippen LogP contribution in [0.1, 0.15) is 13.3 Å². The smallest absolute Gasteiger partial charge is 0.325 e. The average Bonchev–Trinajstić information content (AvgIpc) is 2.37. The second-order valence-corrected chi connectivity index (χ2v) is 4.19. The van der Waals surface area contributed by atoms with Gasteiger partial charge in [-0.3, -0.25) is 4.79 Å². The highest BCUT2D eigenvalue weighted by molar-refractivity contribution is 5.79. The van der Waals surface area contributed by atoms with Crippen molar-refractivity contribution in [3.05, 3.63) is 24.3 Å². The Kier molecular flexibility index (Phi) is 4.97.